The van der Waals surface area contributed by atoms with Gasteiger partial charge < -0.3 is 10.6 Å². The van der Waals surface area contributed by atoms with Gasteiger partial charge >= 0.3 is 0 Å². The standard InChI is InChI=1S/C14H18FN3O3.ClH/c1-9(16)10-3-2-6-17(8-10)14(19)12-5-4-11(18(20)21)7-13(12)15;/h4-5,7,9-10H,2-3,6,8,16H2,1H3;1H. The zero-order valence-electron chi connectivity index (χ0n) is 12.2. The van der Waals surface area contributed by atoms with Crippen molar-refractivity contribution in [3.05, 3.63) is 39.7 Å². The van der Waals surface area contributed by atoms with E-state index in [1.165, 1.54) is 6.07 Å². The van der Waals surface area contributed by atoms with E-state index in [-0.39, 0.29) is 35.6 Å². The van der Waals surface area contributed by atoms with Crippen LogP contribution in [0.3, 0.4) is 0 Å². The van der Waals surface area contributed by atoms with Gasteiger partial charge in [-0.25, -0.2) is 4.39 Å². The SMILES string of the molecule is CC(N)C1CCCN(C(=O)c2ccc([N+](=O)[O-])cc2F)C1.Cl. The number of halogens is 2. The summed E-state index contributed by atoms with van der Waals surface area (Å²) in [5.41, 5.74) is 5.37. The molecule has 0 aliphatic carbocycles. The van der Waals surface area contributed by atoms with Gasteiger partial charge in [0.05, 0.1) is 16.6 Å². The minimum Gasteiger partial charge on any atom is -0.338 e. The van der Waals surface area contributed by atoms with Crippen LogP contribution < -0.4 is 5.73 Å². The maximum absolute atomic E-state index is 13.9. The second-order valence-corrected chi connectivity index (χ2v) is 5.43. The van der Waals surface area contributed by atoms with Gasteiger partial charge in [-0.1, -0.05) is 0 Å². The Labute approximate surface area is 134 Å². The third kappa shape index (κ3) is 3.92. The number of non-ortho nitro benzene ring substituents is 1. The second-order valence-electron chi connectivity index (χ2n) is 5.43. The van der Waals surface area contributed by atoms with Crippen LogP contribution in [0.25, 0.3) is 0 Å². The average molecular weight is 332 g/mol. The van der Waals surface area contributed by atoms with E-state index in [2.05, 4.69) is 0 Å². The van der Waals surface area contributed by atoms with Crippen molar-refractivity contribution in [1.82, 2.24) is 4.90 Å². The molecule has 6 nitrogen and oxygen atoms in total. The number of nitrogens with zero attached hydrogens (tertiary/aromatic N) is 2. The van der Waals surface area contributed by atoms with E-state index in [9.17, 15) is 19.3 Å². The number of likely N-dealkylation sites (tertiary alicyclic amines) is 1. The number of amides is 1. The highest BCUT2D eigenvalue weighted by molar-refractivity contribution is 5.94. The van der Waals surface area contributed by atoms with Crippen molar-refractivity contribution in [1.29, 1.82) is 0 Å². The summed E-state index contributed by atoms with van der Waals surface area (Å²) in [5.74, 6) is -1.10. The number of nitrogens with two attached hydrogens (primary N) is 1. The maximum atomic E-state index is 13.9. The molecular weight excluding hydrogens is 313 g/mol. The van der Waals surface area contributed by atoms with Crippen LogP contribution in [0.2, 0.25) is 0 Å². The first-order valence-corrected chi connectivity index (χ1v) is 6.89. The maximum Gasteiger partial charge on any atom is 0.272 e. The Morgan fingerprint density at radius 2 is 2.23 bits per heavy atom. The lowest BCUT2D eigenvalue weighted by atomic mass is 9.92. The molecule has 1 aromatic rings. The second kappa shape index (κ2) is 7.51. The highest BCUT2D eigenvalue weighted by Crippen LogP contribution is 2.23. The molecule has 2 atom stereocenters. The van der Waals surface area contributed by atoms with Crippen molar-refractivity contribution in [2.45, 2.75) is 25.8 Å². The van der Waals surface area contributed by atoms with Crippen molar-refractivity contribution in [3.63, 3.8) is 0 Å². The Balaban J connectivity index is 0.00000242. The van der Waals surface area contributed by atoms with Crippen molar-refractivity contribution >= 4 is 24.0 Å². The average Bonchev–Trinajstić information content (AvgIpc) is 2.46. The third-order valence-corrected chi connectivity index (χ3v) is 3.88. The van der Waals surface area contributed by atoms with Gasteiger partial charge in [0.25, 0.3) is 11.6 Å². The zero-order chi connectivity index (χ0) is 15.6. The topological polar surface area (TPSA) is 89.5 Å². The Kier molecular flexibility index (Phi) is 6.25. The van der Waals surface area contributed by atoms with Crippen LogP contribution in [0.15, 0.2) is 18.2 Å². The minimum absolute atomic E-state index is 0. The molecule has 22 heavy (non-hydrogen) atoms. The first-order chi connectivity index (χ1) is 9.90. The monoisotopic (exact) mass is 331 g/mol. The summed E-state index contributed by atoms with van der Waals surface area (Å²) in [4.78, 5) is 23.8. The van der Waals surface area contributed by atoms with Crippen molar-refractivity contribution in [3.8, 4) is 0 Å². The summed E-state index contributed by atoms with van der Waals surface area (Å²) in [6, 6.07) is 3.07. The summed E-state index contributed by atoms with van der Waals surface area (Å²) < 4.78 is 13.9. The number of rotatable bonds is 3. The summed E-state index contributed by atoms with van der Waals surface area (Å²) in [6.07, 6.45) is 1.77. The predicted octanol–water partition coefficient (Wildman–Crippen LogP) is 2.36. The zero-order valence-corrected chi connectivity index (χ0v) is 13.0. The van der Waals surface area contributed by atoms with Crippen molar-refractivity contribution in [2.24, 2.45) is 11.7 Å². The molecule has 0 bridgehead atoms. The summed E-state index contributed by atoms with van der Waals surface area (Å²) in [5, 5.41) is 10.6. The number of nitro groups is 1. The summed E-state index contributed by atoms with van der Waals surface area (Å²) in [7, 11) is 0. The van der Waals surface area contributed by atoms with Crippen LogP contribution in [0.5, 0.6) is 0 Å². The fourth-order valence-corrected chi connectivity index (χ4v) is 2.58. The van der Waals surface area contributed by atoms with Gasteiger partial charge in [0.1, 0.15) is 5.82 Å². The van der Waals surface area contributed by atoms with Crippen LogP contribution in [0, 0.1) is 21.8 Å². The fourth-order valence-electron chi connectivity index (χ4n) is 2.58. The summed E-state index contributed by atoms with van der Waals surface area (Å²) >= 11 is 0. The molecule has 0 aromatic heterocycles. The molecular formula is C14H19ClFN3O3. The number of hydrogen-bond donors (Lipinski definition) is 1. The number of nitro benzene ring substituents is 1. The molecule has 0 spiro atoms. The number of carbonyl (C=O) groups excluding carboxylic acids is 1. The van der Waals surface area contributed by atoms with Gasteiger partial charge in [-0.3, -0.25) is 14.9 Å². The molecule has 2 rings (SSSR count). The van der Waals surface area contributed by atoms with Gasteiger partial charge in [-0.05, 0) is 31.7 Å². The van der Waals surface area contributed by atoms with Crippen LogP contribution in [0.4, 0.5) is 10.1 Å². The van der Waals surface area contributed by atoms with Gasteiger partial charge in [0, 0.05) is 25.2 Å². The summed E-state index contributed by atoms with van der Waals surface area (Å²) in [6.45, 7) is 2.94. The number of benzene rings is 1. The van der Waals surface area contributed by atoms with E-state index in [1.54, 1.807) is 4.90 Å². The van der Waals surface area contributed by atoms with Crippen molar-refractivity contribution in [2.75, 3.05) is 13.1 Å². The molecule has 0 radical (unpaired) electrons. The molecule has 1 fully saturated rings. The molecule has 1 saturated heterocycles. The number of hydrogen-bond acceptors (Lipinski definition) is 4. The Morgan fingerprint density at radius 1 is 1.55 bits per heavy atom. The van der Waals surface area contributed by atoms with E-state index in [0.29, 0.717) is 13.1 Å². The molecule has 0 saturated carbocycles. The smallest absolute Gasteiger partial charge is 0.272 e. The number of piperidine rings is 1. The Hall–Kier alpha value is -1.73. The van der Waals surface area contributed by atoms with Crippen LogP contribution in [0.1, 0.15) is 30.1 Å². The molecule has 122 valence electrons. The van der Waals surface area contributed by atoms with Crippen LogP contribution >= 0.6 is 12.4 Å². The molecule has 1 amide bonds. The van der Waals surface area contributed by atoms with Crippen LogP contribution in [-0.4, -0.2) is 34.9 Å². The van der Waals surface area contributed by atoms with E-state index >= 15 is 0 Å². The molecule has 1 heterocycles. The van der Waals surface area contributed by atoms with E-state index < -0.39 is 16.6 Å². The minimum atomic E-state index is -0.864. The lowest BCUT2D eigenvalue weighted by Gasteiger charge is -2.34. The largest absolute Gasteiger partial charge is 0.338 e. The first-order valence-electron chi connectivity index (χ1n) is 6.89. The highest BCUT2D eigenvalue weighted by atomic mass is 35.5. The normalized spacial score (nSPS) is 19.2. The lowest BCUT2D eigenvalue weighted by molar-refractivity contribution is -0.385. The van der Waals surface area contributed by atoms with E-state index in [0.717, 1.165) is 25.0 Å². The molecule has 2 unspecified atom stereocenters. The van der Waals surface area contributed by atoms with Gasteiger partial charge in [0.2, 0.25) is 0 Å². The Bertz CT molecular complexity index is 568. The predicted molar refractivity (Wildman–Crippen MR) is 82.6 cm³/mol. The molecule has 1 aromatic carbocycles. The molecule has 1 aliphatic rings. The first kappa shape index (κ1) is 18.3. The van der Waals surface area contributed by atoms with Crippen molar-refractivity contribution < 1.29 is 14.1 Å². The van der Waals surface area contributed by atoms with Gasteiger partial charge in [0.15, 0.2) is 0 Å². The highest BCUT2D eigenvalue weighted by Gasteiger charge is 2.28. The molecule has 1 aliphatic heterocycles. The van der Waals surface area contributed by atoms with Gasteiger partial charge in [-0.2, -0.15) is 0 Å². The quantitative estimate of drug-likeness (QED) is 0.680. The Morgan fingerprint density at radius 3 is 2.77 bits per heavy atom. The van der Waals surface area contributed by atoms with E-state index in [4.69, 9.17) is 5.73 Å². The molecule has 2 N–H and O–H groups in total. The van der Waals surface area contributed by atoms with Crippen LogP contribution in [-0.2, 0) is 0 Å². The lowest BCUT2D eigenvalue weighted by Crippen LogP contribution is -2.45. The molecule has 8 heteroatoms. The van der Waals surface area contributed by atoms with E-state index in [1.807, 2.05) is 6.92 Å². The third-order valence-electron chi connectivity index (χ3n) is 3.88. The number of carbonyl (C=O) groups is 1. The van der Waals surface area contributed by atoms with Gasteiger partial charge in [-0.15, -0.1) is 12.4 Å². The fraction of sp³-hybridized carbons (Fsp3) is 0.500.